The maximum Gasteiger partial charge on any atom is 0.248 e. The number of carbonyl (C=O) groups is 1. The molecule has 0 fully saturated rings. The van der Waals surface area contributed by atoms with Crippen molar-refractivity contribution in [2.45, 2.75) is 31.7 Å². The smallest absolute Gasteiger partial charge is 0.248 e. The van der Waals surface area contributed by atoms with Gasteiger partial charge in [-0.3, -0.25) is 9.48 Å². The Morgan fingerprint density at radius 2 is 1.96 bits per heavy atom. The molecule has 0 aliphatic heterocycles. The normalized spacial score (nSPS) is 13.1. The highest BCUT2D eigenvalue weighted by Crippen LogP contribution is 2.26. The van der Waals surface area contributed by atoms with Gasteiger partial charge in [-0.15, -0.1) is 0 Å². The average Bonchev–Trinajstić information content (AvgIpc) is 3.04. The third-order valence-corrected chi connectivity index (χ3v) is 5.77. The van der Waals surface area contributed by atoms with Crippen molar-refractivity contribution in [3.05, 3.63) is 41.7 Å². The lowest BCUT2D eigenvalue weighted by molar-refractivity contribution is -0.119. The van der Waals surface area contributed by atoms with Crippen LogP contribution in [0.2, 0.25) is 0 Å². The van der Waals surface area contributed by atoms with Gasteiger partial charge in [-0.05, 0) is 50.1 Å². The quantitative estimate of drug-likeness (QED) is 0.893. The number of sulfonamides is 1. The average molecular weight is 350 g/mol. The Labute approximate surface area is 142 Å². The fourth-order valence-electron chi connectivity index (χ4n) is 2.18. The predicted octanol–water partition coefficient (Wildman–Crippen LogP) is 1.95. The van der Waals surface area contributed by atoms with Gasteiger partial charge in [0, 0.05) is 32.2 Å². The Bertz CT molecular complexity index is 842. The summed E-state index contributed by atoms with van der Waals surface area (Å²) in [6, 6.07) is 4.33. The topological polar surface area (TPSA) is 84.3 Å². The second-order valence-corrected chi connectivity index (χ2v) is 8.00. The summed E-state index contributed by atoms with van der Waals surface area (Å²) in [6.45, 7) is 5.39. The fourth-order valence-corrected chi connectivity index (χ4v) is 3.20. The van der Waals surface area contributed by atoms with Crippen LogP contribution in [0.5, 0.6) is 0 Å². The minimum absolute atomic E-state index is 0.151. The number of anilines is 1. The van der Waals surface area contributed by atoms with E-state index in [0.717, 1.165) is 15.4 Å². The standard InChI is InChI=1S/C16H22N4O3S/c1-11-9-14(24(22,23)19(4)5)10-15(12(11)2)18-16(21)13(3)20-8-6-7-17-20/h6-10,13H,1-5H3,(H,18,21)/t13-/m0/s1. The van der Waals surface area contributed by atoms with E-state index in [1.807, 2.05) is 13.8 Å². The van der Waals surface area contributed by atoms with Crippen LogP contribution < -0.4 is 5.32 Å². The van der Waals surface area contributed by atoms with Gasteiger partial charge in [0.05, 0.1) is 4.90 Å². The minimum Gasteiger partial charge on any atom is -0.324 e. The monoisotopic (exact) mass is 350 g/mol. The van der Waals surface area contributed by atoms with Crippen LogP contribution in [0.4, 0.5) is 5.69 Å². The Morgan fingerprint density at radius 3 is 2.50 bits per heavy atom. The van der Waals surface area contributed by atoms with Gasteiger partial charge in [0.25, 0.3) is 0 Å². The molecule has 1 amide bonds. The number of carbonyl (C=O) groups excluding carboxylic acids is 1. The van der Waals surface area contributed by atoms with Gasteiger partial charge in [0.2, 0.25) is 15.9 Å². The first kappa shape index (κ1) is 18.2. The van der Waals surface area contributed by atoms with Crippen LogP contribution in [-0.2, 0) is 14.8 Å². The Balaban J connectivity index is 2.37. The highest BCUT2D eigenvalue weighted by molar-refractivity contribution is 7.89. The second kappa shape index (κ2) is 6.74. The van der Waals surface area contributed by atoms with Gasteiger partial charge in [0.1, 0.15) is 6.04 Å². The first-order valence-corrected chi connectivity index (χ1v) is 8.92. The Kier molecular flexibility index (Phi) is 5.10. The van der Waals surface area contributed by atoms with Crippen molar-refractivity contribution >= 4 is 21.6 Å². The van der Waals surface area contributed by atoms with Gasteiger partial charge in [0.15, 0.2) is 0 Å². The maximum absolute atomic E-state index is 12.4. The van der Waals surface area contributed by atoms with Crippen LogP contribution in [0.1, 0.15) is 24.1 Å². The summed E-state index contributed by atoms with van der Waals surface area (Å²) < 4.78 is 27.4. The van der Waals surface area contributed by atoms with E-state index >= 15 is 0 Å². The molecule has 0 aliphatic carbocycles. The summed E-state index contributed by atoms with van der Waals surface area (Å²) >= 11 is 0. The molecular weight excluding hydrogens is 328 g/mol. The van der Waals surface area contributed by atoms with E-state index in [2.05, 4.69) is 10.4 Å². The van der Waals surface area contributed by atoms with Gasteiger partial charge in [-0.25, -0.2) is 12.7 Å². The van der Waals surface area contributed by atoms with E-state index in [9.17, 15) is 13.2 Å². The van der Waals surface area contributed by atoms with Crippen molar-refractivity contribution in [2.24, 2.45) is 0 Å². The van der Waals surface area contributed by atoms with E-state index in [0.29, 0.717) is 5.69 Å². The van der Waals surface area contributed by atoms with E-state index in [1.165, 1.54) is 24.8 Å². The largest absolute Gasteiger partial charge is 0.324 e. The van der Waals surface area contributed by atoms with Gasteiger partial charge in [-0.1, -0.05) is 0 Å². The number of hydrogen-bond acceptors (Lipinski definition) is 4. The molecule has 24 heavy (non-hydrogen) atoms. The van der Waals surface area contributed by atoms with Crippen molar-refractivity contribution in [1.82, 2.24) is 14.1 Å². The number of aromatic nitrogens is 2. The number of aryl methyl sites for hydroxylation is 1. The molecule has 2 rings (SSSR count). The highest BCUT2D eigenvalue weighted by atomic mass is 32.2. The summed E-state index contributed by atoms with van der Waals surface area (Å²) in [5.74, 6) is -0.263. The van der Waals surface area contributed by atoms with Crippen LogP contribution in [0.25, 0.3) is 0 Å². The Morgan fingerprint density at radius 1 is 1.29 bits per heavy atom. The summed E-state index contributed by atoms with van der Waals surface area (Å²) in [7, 11) is -0.624. The number of nitrogens with zero attached hydrogens (tertiary/aromatic N) is 3. The molecule has 0 saturated heterocycles. The van der Waals surface area contributed by atoms with Crippen LogP contribution in [-0.4, -0.2) is 42.5 Å². The lowest BCUT2D eigenvalue weighted by atomic mass is 10.1. The molecule has 0 bridgehead atoms. The summed E-state index contributed by atoms with van der Waals surface area (Å²) in [6.07, 6.45) is 3.30. The number of benzene rings is 1. The molecule has 0 unspecified atom stereocenters. The van der Waals surface area contributed by atoms with Crippen LogP contribution >= 0.6 is 0 Å². The third kappa shape index (κ3) is 3.49. The lowest BCUT2D eigenvalue weighted by Gasteiger charge is -2.18. The van der Waals surface area contributed by atoms with Crippen molar-refractivity contribution < 1.29 is 13.2 Å². The molecule has 8 heteroatoms. The molecule has 1 aromatic carbocycles. The summed E-state index contributed by atoms with van der Waals surface area (Å²) in [4.78, 5) is 12.6. The zero-order chi connectivity index (χ0) is 18.1. The molecule has 0 radical (unpaired) electrons. The maximum atomic E-state index is 12.4. The van der Waals surface area contributed by atoms with E-state index < -0.39 is 16.1 Å². The molecule has 0 saturated carbocycles. The van der Waals surface area contributed by atoms with Crippen LogP contribution in [0, 0.1) is 13.8 Å². The molecule has 0 aliphatic rings. The minimum atomic E-state index is -3.57. The summed E-state index contributed by atoms with van der Waals surface area (Å²) in [5.41, 5.74) is 2.10. The molecular formula is C16H22N4O3S. The molecule has 1 heterocycles. The Hall–Kier alpha value is -2.19. The van der Waals surface area contributed by atoms with E-state index in [4.69, 9.17) is 0 Å². The molecule has 2 aromatic rings. The number of rotatable bonds is 5. The van der Waals surface area contributed by atoms with E-state index in [-0.39, 0.29) is 10.8 Å². The van der Waals surface area contributed by atoms with Gasteiger partial charge < -0.3 is 5.32 Å². The highest BCUT2D eigenvalue weighted by Gasteiger charge is 2.21. The van der Waals surface area contributed by atoms with Gasteiger partial charge in [-0.2, -0.15) is 5.10 Å². The first-order valence-electron chi connectivity index (χ1n) is 7.48. The second-order valence-electron chi connectivity index (χ2n) is 5.85. The fraction of sp³-hybridized carbons (Fsp3) is 0.375. The molecule has 130 valence electrons. The van der Waals surface area contributed by atoms with Crippen LogP contribution in [0.3, 0.4) is 0 Å². The predicted molar refractivity (Wildman–Crippen MR) is 92.4 cm³/mol. The van der Waals surface area contributed by atoms with E-state index in [1.54, 1.807) is 31.5 Å². The van der Waals surface area contributed by atoms with Crippen molar-refractivity contribution in [2.75, 3.05) is 19.4 Å². The molecule has 0 spiro atoms. The van der Waals surface area contributed by atoms with Crippen molar-refractivity contribution in [3.8, 4) is 0 Å². The molecule has 1 N–H and O–H groups in total. The summed E-state index contributed by atoms with van der Waals surface area (Å²) in [5, 5.41) is 6.86. The number of hydrogen-bond donors (Lipinski definition) is 1. The molecule has 1 atom stereocenters. The van der Waals surface area contributed by atoms with Crippen molar-refractivity contribution in [1.29, 1.82) is 0 Å². The van der Waals surface area contributed by atoms with Crippen molar-refractivity contribution in [3.63, 3.8) is 0 Å². The third-order valence-electron chi connectivity index (χ3n) is 3.98. The SMILES string of the molecule is Cc1cc(S(=O)(=O)N(C)C)cc(NC(=O)[C@H](C)n2cccn2)c1C. The first-order chi connectivity index (χ1) is 11.1. The molecule has 7 nitrogen and oxygen atoms in total. The zero-order valence-corrected chi connectivity index (χ0v) is 15.3. The number of amides is 1. The number of nitrogens with one attached hydrogen (secondary N) is 1. The zero-order valence-electron chi connectivity index (χ0n) is 14.4. The lowest BCUT2D eigenvalue weighted by Crippen LogP contribution is -2.25. The van der Waals surface area contributed by atoms with Gasteiger partial charge >= 0.3 is 0 Å². The van der Waals surface area contributed by atoms with Crippen LogP contribution in [0.15, 0.2) is 35.5 Å². The molecule has 1 aromatic heterocycles.